The minimum absolute atomic E-state index is 0.0663. The van der Waals surface area contributed by atoms with Crippen molar-refractivity contribution in [2.75, 3.05) is 31.1 Å². The van der Waals surface area contributed by atoms with Crippen molar-refractivity contribution in [3.63, 3.8) is 0 Å². The van der Waals surface area contributed by atoms with Gasteiger partial charge in [-0.05, 0) is 81.3 Å². The highest BCUT2D eigenvalue weighted by atomic mass is 19.4. The summed E-state index contributed by atoms with van der Waals surface area (Å²) in [7, 11) is 0. The number of pyridine rings is 1. The summed E-state index contributed by atoms with van der Waals surface area (Å²) in [6, 6.07) is 2.55. The smallest absolute Gasteiger partial charge is 0.417 e. The van der Waals surface area contributed by atoms with Gasteiger partial charge in [0.2, 0.25) is 5.91 Å². The van der Waals surface area contributed by atoms with E-state index in [1.165, 1.54) is 6.07 Å². The van der Waals surface area contributed by atoms with Crippen molar-refractivity contribution in [1.29, 1.82) is 0 Å². The van der Waals surface area contributed by atoms with Crippen LogP contribution in [-0.4, -0.2) is 64.6 Å². The predicted molar refractivity (Wildman–Crippen MR) is 125 cm³/mol. The molecule has 2 unspecified atom stereocenters. The molecule has 2 N–H and O–H groups in total. The summed E-state index contributed by atoms with van der Waals surface area (Å²) in [6.45, 7) is 2.51. The first kappa shape index (κ1) is 24.0. The summed E-state index contributed by atoms with van der Waals surface area (Å²) >= 11 is 0. The Hall–Kier alpha value is -2.36. The van der Waals surface area contributed by atoms with Crippen LogP contribution in [0.15, 0.2) is 18.3 Å². The van der Waals surface area contributed by atoms with E-state index in [2.05, 4.69) is 15.2 Å². The molecule has 36 heavy (non-hydrogen) atoms. The number of halogens is 3. The van der Waals surface area contributed by atoms with Gasteiger partial charge in [0.15, 0.2) is 0 Å². The van der Waals surface area contributed by atoms with Gasteiger partial charge in [-0.3, -0.25) is 14.5 Å². The van der Waals surface area contributed by atoms with Gasteiger partial charge in [0, 0.05) is 38.4 Å². The largest absolute Gasteiger partial charge is 0.481 e. The average Bonchev–Trinajstić information content (AvgIpc) is 2.80. The van der Waals surface area contributed by atoms with Crippen LogP contribution in [0.5, 0.6) is 0 Å². The van der Waals surface area contributed by atoms with Gasteiger partial charge in [0.25, 0.3) is 0 Å². The molecule has 7 nitrogen and oxygen atoms in total. The fourth-order valence-corrected chi connectivity index (χ4v) is 8.11. The number of anilines is 1. The fraction of sp³-hybridized carbons (Fsp3) is 0.731. The quantitative estimate of drug-likeness (QED) is 0.636. The van der Waals surface area contributed by atoms with Crippen LogP contribution in [0.4, 0.5) is 19.0 Å². The zero-order chi connectivity index (χ0) is 25.3. The minimum atomic E-state index is -4.40. The number of hydrogen-bond donors (Lipinski definition) is 2. The van der Waals surface area contributed by atoms with Crippen LogP contribution in [0.1, 0.15) is 56.9 Å². The maximum Gasteiger partial charge on any atom is 0.417 e. The monoisotopic (exact) mass is 506 g/mol. The number of rotatable bonds is 5. The lowest BCUT2D eigenvalue weighted by atomic mass is 9.48. The molecule has 2 heterocycles. The van der Waals surface area contributed by atoms with E-state index in [0.29, 0.717) is 50.8 Å². The number of nitrogens with one attached hydrogen (secondary N) is 1. The molecule has 0 radical (unpaired) electrons. The first-order valence-electron chi connectivity index (χ1n) is 13.2. The molecule has 2 atom stereocenters. The summed E-state index contributed by atoms with van der Waals surface area (Å²) in [5.41, 5.74) is -1.87. The van der Waals surface area contributed by atoms with Crippen molar-refractivity contribution in [1.82, 2.24) is 15.2 Å². The molecule has 10 heteroatoms. The molecule has 0 spiro atoms. The molecule has 1 aromatic heterocycles. The summed E-state index contributed by atoms with van der Waals surface area (Å²) in [4.78, 5) is 34.0. The van der Waals surface area contributed by atoms with E-state index in [9.17, 15) is 27.9 Å². The van der Waals surface area contributed by atoms with Gasteiger partial charge in [0.1, 0.15) is 11.4 Å². The number of alkyl halides is 3. The van der Waals surface area contributed by atoms with Gasteiger partial charge < -0.3 is 15.3 Å². The molecular weight excluding hydrogens is 473 g/mol. The Bertz CT molecular complexity index is 1020. The Labute approximate surface area is 208 Å². The van der Waals surface area contributed by atoms with Crippen LogP contribution < -0.4 is 10.2 Å². The Balaban J connectivity index is 1.10. The molecule has 1 aliphatic heterocycles. The lowest BCUT2D eigenvalue weighted by Gasteiger charge is -2.59. The van der Waals surface area contributed by atoms with E-state index in [0.717, 1.165) is 50.8 Å². The molecule has 5 saturated carbocycles. The van der Waals surface area contributed by atoms with Crippen LogP contribution in [0.3, 0.4) is 0 Å². The molecule has 6 aliphatic rings. The maximum atomic E-state index is 13.7. The Kier molecular flexibility index (Phi) is 5.55. The molecule has 196 valence electrons. The van der Waals surface area contributed by atoms with E-state index in [1.807, 2.05) is 4.90 Å². The highest BCUT2D eigenvalue weighted by Crippen LogP contribution is 2.60. The first-order valence-corrected chi connectivity index (χ1v) is 13.2. The zero-order valence-corrected chi connectivity index (χ0v) is 20.3. The van der Waals surface area contributed by atoms with Crippen LogP contribution in [0.25, 0.3) is 0 Å². The number of aliphatic carboxylic acids is 1. The number of carbonyl (C=O) groups excluding carboxylic acids is 1. The highest BCUT2D eigenvalue weighted by molar-refractivity contribution is 5.88. The Morgan fingerprint density at radius 1 is 1.03 bits per heavy atom. The number of carbonyl (C=O) groups is 2. The van der Waals surface area contributed by atoms with Crippen LogP contribution >= 0.6 is 0 Å². The fourth-order valence-electron chi connectivity index (χ4n) is 8.11. The molecule has 6 fully saturated rings. The van der Waals surface area contributed by atoms with Gasteiger partial charge in [-0.15, -0.1) is 0 Å². The Morgan fingerprint density at radius 2 is 1.69 bits per heavy atom. The van der Waals surface area contributed by atoms with Crippen molar-refractivity contribution in [2.24, 2.45) is 23.2 Å². The van der Waals surface area contributed by atoms with Crippen LogP contribution in [-0.2, 0) is 15.8 Å². The third kappa shape index (κ3) is 3.78. The molecule has 7 rings (SSSR count). The number of nitrogens with zero attached hydrogens (tertiary/aromatic N) is 3. The van der Waals surface area contributed by atoms with E-state index in [1.54, 1.807) is 0 Å². The van der Waals surface area contributed by atoms with Gasteiger partial charge in [-0.1, -0.05) is 0 Å². The number of piperazine rings is 1. The van der Waals surface area contributed by atoms with Gasteiger partial charge >= 0.3 is 12.1 Å². The van der Waals surface area contributed by atoms with Crippen molar-refractivity contribution in [2.45, 2.75) is 69.1 Å². The normalized spacial score (nSPS) is 35.4. The molecule has 0 aromatic carbocycles. The maximum absolute atomic E-state index is 13.7. The van der Waals surface area contributed by atoms with Crippen LogP contribution in [0, 0.1) is 23.2 Å². The van der Waals surface area contributed by atoms with Gasteiger partial charge in [-0.2, -0.15) is 13.2 Å². The summed E-state index contributed by atoms with van der Waals surface area (Å²) in [5, 5.41) is 13.3. The summed E-state index contributed by atoms with van der Waals surface area (Å²) in [5.74, 6) is 0.901. The van der Waals surface area contributed by atoms with E-state index < -0.39 is 28.7 Å². The second-order valence-electron chi connectivity index (χ2n) is 11.8. The number of amides is 1. The summed E-state index contributed by atoms with van der Waals surface area (Å²) in [6.07, 6.45) is 3.25. The van der Waals surface area contributed by atoms with E-state index >= 15 is 0 Å². The molecule has 4 bridgehead atoms. The van der Waals surface area contributed by atoms with E-state index in [4.69, 9.17) is 0 Å². The van der Waals surface area contributed by atoms with Crippen molar-refractivity contribution in [3.05, 3.63) is 23.9 Å². The van der Waals surface area contributed by atoms with Crippen LogP contribution in [0.2, 0.25) is 0 Å². The zero-order valence-electron chi connectivity index (χ0n) is 20.3. The Morgan fingerprint density at radius 3 is 2.19 bits per heavy atom. The number of hydrogen-bond acceptors (Lipinski definition) is 5. The number of aromatic nitrogens is 1. The molecule has 1 amide bonds. The third-order valence-electron chi connectivity index (χ3n) is 9.91. The second kappa shape index (κ2) is 8.33. The standard InChI is InChI=1S/C26H33F3N4O3/c27-26(28,29)19-2-3-20(30-15-19)32-6-8-33(9-7-32)25(4-1-5-25)22(34)31-21-17-10-16-11-18(21)14-24(12-16,13-17)23(35)36/h2-3,15-18,21H,1,4-14H2,(H,31,34)(H,35,36). The minimum Gasteiger partial charge on any atom is -0.481 e. The average molecular weight is 507 g/mol. The van der Waals surface area contributed by atoms with Crippen molar-refractivity contribution < 1.29 is 27.9 Å². The second-order valence-corrected chi connectivity index (χ2v) is 11.8. The SMILES string of the molecule is O=C(O)C12CC3CC(C1)C(NC(=O)C1(N4CCN(c5ccc(C(F)(F)F)cn5)CC4)CCC1)C(C3)C2. The molecule has 1 aromatic rings. The topological polar surface area (TPSA) is 85.8 Å². The van der Waals surface area contributed by atoms with Crippen molar-refractivity contribution in [3.8, 4) is 0 Å². The molecule has 5 aliphatic carbocycles. The lowest BCUT2D eigenvalue weighted by molar-refractivity contribution is -0.169. The highest BCUT2D eigenvalue weighted by Gasteiger charge is 2.60. The molecule has 1 saturated heterocycles. The summed E-state index contributed by atoms with van der Waals surface area (Å²) < 4.78 is 38.6. The number of carboxylic acids is 1. The first-order chi connectivity index (χ1) is 17.1. The number of carboxylic acid groups (broad SMARTS) is 1. The van der Waals surface area contributed by atoms with Gasteiger partial charge in [0.05, 0.1) is 11.0 Å². The molecular formula is C26H33F3N4O3. The third-order valence-corrected chi connectivity index (χ3v) is 9.91. The van der Waals surface area contributed by atoms with E-state index in [-0.39, 0.29) is 23.8 Å². The predicted octanol–water partition coefficient (Wildman–Crippen LogP) is 3.54. The van der Waals surface area contributed by atoms with Gasteiger partial charge in [-0.25, -0.2) is 4.98 Å². The van der Waals surface area contributed by atoms with Crippen molar-refractivity contribution >= 4 is 17.7 Å². The lowest BCUT2D eigenvalue weighted by Crippen LogP contribution is -2.69.